The summed E-state index contributed by atoms with van der Waals surface area (Å²) in [6, 6.07) is 9.23. The van der Waals surface area contributed by atoms with Gasteiger partial charge in [0.15, 0.2) is 0 Å². The maximum Gasteiger partial charge on any atom is 0.253 e. The molecule has 3 N–H and O–H groups in total. The number of pyridine rings is 1. The maximum atomic E-state index is 12.8. The summed E-state index contributed by atoms with van der Waals surface area (Å²) in [6.45, 7) is 1.51. The summed E-state index contributed by atoms with van der Waals surface area (Å²) < 4.78 is 1.67. The number of anilines is 1. The molecule has 2 amide bonds. The number of nitrogens with zero attached hydrogens (tertiary/aromatic N) is 4. The van der Waals surface area contributed by atoms with Crippen LogP contribution in [0.1, 0.15) is 42.1 Å². The van der Waals surface area contributed by atoms with E-state index in [1.807, 2.05) is 12.1 Å². The lowest BCUT2D eigenvalue weighted by Gasteiger charge is -2.70. The van der Waals surface area contributed by atoms with Crippen LogP contribution in [-0.2, 0) is 4.79 Å². The van der Waals surface area contributed by atoms with Crippen molar-refractivity contribution >= 4 is 46.6 Å². The zero-order valence-electron chi connectivity index (χ0n) is 18.4. The van der Waals surface area contributed by atoms with Crippen LogP contribution in [0.25, 0.3) is 16.9 Å². The molecule has 6 radical (unpaired) electrons. The third-order valence-corrected chi connectivity index (χ3v) is 6.24. The standard InChI is InChI=1S/C22H18B3N7O2/c1-12(33)29-20-9-21(10-20,11-20)30-16-5-17(27-8-15(16)19(34)31-22(23,24)25)18-3-2-14-4-13(6-26)7-28-32(14)18/h2-5,7-8H,9-11H2,1H3,(H,27,30)(H,29,33)(H,31,34). The van der Waals surface area contributed by atoms with Gasteiger partial charge in [0.1, 0.15) is 6.07 Å². The van der Waals surface area contributed by atoms with Crippen molar-refractivity contribution in [3.05, 3.63) is 47.8 Å². The van der Waals surface area contributed by atoms with E-state index in [1.165, 1.54) is 19.3 Å². The number of nitriles is 1. The van der Waals surface area contributed by atoms with Gasteiger partial charge in [-0.15, -0.1) is 0 Å². The van der Waals surface area contributed by atoms with Gasteiger partial charge < -0.3 is 16.0 Å². The van der Waals surface area contributed by atoms with Crippen molar-refractivity contribution in [1.29, 1.82) is 5.26 Å². The Morgan fingerprint density at radius 1 is 1.15 bits per heavy atom. The van der Waals surface area contributed by atoms with Crippen LogP contribution in [0.2, 0.25) is 0 Å². The van der Waals surface area contributed by atoms with Crippen molar-refractivity contribution in [1.82, 2.24) is 25.2 Å². The second-order valence-corrected chi connectivity index (χ2v) is 9.31. The van der Waals surface area contributed by atoms with Crippen LogP contribution in [0.4, 0.5) is 5.69 Å². The summed E-state index contributed by atoms with van der Waals surface area (Å²) in [4.78, 5) is 28.8. The molecule has 0 aromatic carbocycles. The number of aromatic nitrogens is 3. The zero-order chi connectivity index (χ0) is 24.3. The molecule has 3 aliphatic carbocycles. The first-order valence-corrected chi connectivity index (χ1v) is 10.6. The van der Waals surface area contributed by atoms with Gasteiger partial charge in [-0.1, -0.05) is 5.24 Å². The first-order valence-electron chi connectivity index (χ1n) is 10.6. The maximum absolute atomic E-state index is 12.8. The predicted molar refractivity (Wildman–Crippen MR) is 127 cm³/mol. The molecule has 3 aromatic rings. The molecule has 0 saturated heterocycles. The predicted octanol–water partition coefficient (Wildman–Crippen LogP) is 0.338. The van der Waals surface area contributed by atoms with Crippen LogP contribution in [-0.4, -0.2) is 66.3 Å². The molecule has 3 saturated carbocycles. The van der Waals surface area contributed by atoms with E-state index < -0.39 is 11.1 Å². The van der Waals surface area contributed by atoms with Gasteiger partial charge in [0.05, 0.1) is 63.5 Å². The molecule has 3 fully saturated rings. The van der Waals surface area contributed by atoms with Gasteiger partial charge >= 0.3 is 0 Å². The number of carbonyl (C=O) groups is 2. The van der Waals surface area contributed by atoms with E-state index >= 15 is 0 Å². The van der Waals surface area contributed by atoms with E-state index in [4.69, 9.17) is 28.8 Å². The van der Waals surface area contributed by atoms with Gasteiger partial charge in [-0.05, 0) is 43.5 Å². The van der Waals surface area contributed by atoms with Crippen molar-refractivity contribution < 1.29 is 9.59 Å². The lowest BCUT2D eigenvalue weighted by Crippen LogP contribution is -2.81. The van der Waals surface area contributed by atoms with Crippen molar-refractivity contribution in [2.45, 2.75) is 42.5 Å². The Balaban J connectivity index is 1.49. The van der Waals surface area contributed by atoms with Crippen LogP contribution >= 0.6 is 0 Å². The molecule has 0 atom stereocenters. The summed E-state index contributed by atoms with van der Waals surface area (Å²) in [7, 11) is 16.7. The van der Waals surface area contributed by atoms with E-state index in [1.54, 1.807) is 16.6 Å². The molecule has 9 nitrogen and oxygen atoms in total. The molecular weight excluding hydrogens is 427 g/mol. The second-order valence-electron chi connectivity index (χ2n) is 9.31. The fraction of sp³-hybridized carbons (Fsp3) is 0.318. The first kappa shape index (κ1) is 22.1. The molecule has 6 rings (SSSR count). The molecule has 3 aromatic heterocycles. The summed E-state index contributed by atoms with van der Waals surface area (Å²) >= 11 is 0. The molecule has 34 heavy (non-hydrogen) atoms. The molecule has 3 heterocycles. The zero-order valence-corrected chi connectivity index (χ0v) is 18.4. The van der Waals surface area contributed by atoms with Crippen molar-refractivity contribution in [3.63, 3.8) is 0 Å². The highest BCUT2D eigenvalue weighted by molar-refractivity contribution is 6.60. The fourth-order valence-electron chi connectivity index (χ4n) is 5.11. The SMILES string of the molecule is [B]C([B])([B])NC(=O)c1cnc(-c2ccc3cc(C#N)cnn23)cc1NC12CC(NC(C)=O)(C1)C2. The monoisotopic (exact) mass is 445 g/mol. The van der Waals surface area contributed by atoms with E-state index in [0.29, 0.717) is 22.6 Å². The van der Waals surface area contributed by atoms with Crippen LogP contribution in [0.15, 0.2) is 36.7 Å². The van der Waals surface area contributed by atoms with Gasteiger partial charge in [-0.25, -0.2) is 4.52 Å². The van der Waals surface area contributed by atoms with Crippen LogP contribution in [0.5, 0.6) is 0 Å². The highest BCUT2D eigenvalue weighted by Gasteiger charge is 2.68. The summed E-state index contributed by atoms with van der Waals surface area (Å²) in [5, 5.41) is 20.4. The Morgan fingerprint density at radius 2 is 1.88 bits per heavy atom. The van der Waals surface area contributed by atoms with Gasteiger partial charge in [-0.3, -0.25) is 14.6 Å². The lowest BCUT2D eigenvalue weighted by molar-refractivity contribution is -0.131. The molecule has 2 bridgehead atoms. The average molecular weight is 445 g/mol. The fourth-order valence-corrected chi connectivity index (χ4v) is 5.11. The summed E-state index contributed by atoms with van der Waals surface area (Å²) in [5.41, 5.74) is 2.79. The Labute approximate surface area is 199 Å². The highest BCUT2D eigenvalue weighted by Crippen LogP contribution is 2.62. The largest absolute Gasteiger partial charge is 0.379 e. The third-order valence-electron chi connectivity index (χ3n) is 6.24. The average Bonchev–Trinajstić information content (AvgIpc) is 3.12. The minimum atomic E-state index is -1.89. The summed E-state index contributed by atoms with van der Waals surface area (Å²) in [6.07, 6.45) is 5.15. The first-order chi connectivity index (χ1) is 16.0. The van der Waals surface area contributed by atoms with E-state index in [9.17, 15) is 9.59 Å². The second kappa shape index (κ2) is 7.39. The normalized spacial score (nSPS) is 22.7. The molecule has 0 unspecified atom stereocenters. The molecule has 162 valence electrons. The van der Waals surface area contributed by atoms with Gasteiger partial charge in [-0.2, -0.15) is 10.4 Å². The number of nitrogens with one attached hydrogen (secondary N) is 3. The van der Waals surface area contributed by atoms with Gasteiger partial charge in [0, 0.05) is 24.2 Å². The number of carbonyl (C=O) groups excluding carboxylic acids is 2. The quantitative estimate of drug-likeness (QED) is 0.471. The minimum Gasteiger partial charge on any atom is -0.379 e. The van der Waals surface area contributed by atoms with Crippen LogP contribution < -0.4 is 16.0 Å². The molecule has 0 aliphatic heterocycles. The number of fused-ring (bicyclic) bond motifs is 1. The summed E-state index contributed by atoms with van der Waals surface area (Å²) in [5.74, 6) is -0.633. The molecule has 0 spiro atoms. The number of hydrogen-bond acceptors (Lipinski definition) is 6. The molecular formula is C22H18B3N7O2. The third kappa shape index (κ3) is 3.81. The minimum absolute atomic E-state index is 0.0584. The Hall–Kier alpha value is -3.74. The van der Waals surface area contributed by atoms with Gasteiger partial charge in [0.25, 0.3) is 5.91 Å². The topological polar surface area (TPSA) is 124 Å². The van der Waals surface area contributed by atoms with Crippen molar-refractivity contribution in [2.24, 2.45) is 0 Å². The van der Waals surface area contributed by atoms with Crippen molar-refractivity contribution in [2.75, 3.05) is 5.32 Å². The van der Waals surface area contributed by atoms with E-state index in [2.05, 4.69) is 32.1 Å². The van der Waals surface area contributed by atoms with Crippen molar-refractivity contribution in [3.8, 4) is 17.5 Å². The van der Waals surface area contributed by atoms with E-state index in [-0.39, 0.29) is 22.5 Å². The Kier molecular flexibility index (Phi) is 4.80. The number of amides is 2. The van der Waals surface area contributed by atoms with Gasteiger partial charge in [0.2, 0.25) is 5.91 Å². The lowest BCUT2D eigenvalue weighted by atomic mass is 9.44. The highest BCUT2D eigenvalue weighted by atomic mass is 16.2. The molecule has 3 aliphatic rings. The molecule has 12 heteroatoms. The number of rotatable bonds is 6. The van der Waals surface area contributed by atoms with Crippen LogP contribution in [0, 0.1) is 11.3 Å². The Bertz CT molecular complexity index is 1370. The smallest absolute Gasteiger partial charge is 0.253 e. The number of hydrogen-bond donors (Lipinski definition) is 3. The van der Waals surface area contributed by atoms with E-state index in [0.717, 1.165) is 24.8 Å². The Morgan fingerprint density at radius 3 is 2.53 bits per heavy atom. The van der Waals surface area contributed by atoms with Crippen LogP contribution in [0.3, 0.4) is 0 Å².